The third-order valence-electron chi connectivity index (χ3n) is 2.29. The fourth-order valence-corrected chi connectivity index (χ4v) is 1.61. The van der Waals surface area contributed by atoms with Crippen molar-refractivity contribution in [3.63, 3.8) is 0 Å². The largest absolute Gasteiger partial charge is 0.478 e. The summed E-state index contributed by atoms with van der Waals surface area (Å²) >= 11 is 5.83. The molecule has 0 amide bonds. The topological polar surface area (TPSA) is 55.1 Å². The second-order valence-corrected chi connectivity index (χ2v) is 3.85. The number of aromatic carboxylic acids is 1. The Morgan fingerprint density at radius 1 is 1.53 bits per heavy atom. The number of nitrogens with zero attached hydrogens (tertiary/aromatic N) is 2. The van der Waals surface area contributed by atoms with Gasteiger partial charge in [-0.1, -0.05) is 17.7 Å². The van der Waals surface area contributed by atoms with Gasteiger partial charge in [0.05, 0.1) is 16.4 Å². The number of rotatable bonds is 2. The predicted molar refractivity (Wildman–Crippen MR) is 60.2 cm³/mol. The van der Waals surface area contributed by atoms with Crippen molar-refractivity contribution in [2.75, 3.05) is 0 Å². The van der Waals surface area contributed by atoms with Gasteiger partial charge in [0.2, 0.25) is 0 Å². The summed E-state index contributed by atoms with van der Waals surface area (Å²) in [6, 6.07) is 3.97. The molecule has 0 aliphatic heterocycles. The van der Waals surface area contributed by atoms with E-state index in [4.69, 9.17) is 16.7 Å². The number of carbonyl (C=O) groups is 1. The average Bonchev–Trinajstić information content (AvgIpc) is 2.58. The molecule has 1 aromatic carbocycles. The lowest BCUT2D eigenvalue weighted by Crippen LogP contribution is -2.08. The van der Waals surface area contributed by atoms with Gasteiger partial charge in [0, 0.05) is 6.20 Å². The quantitative estimate of drug-likeness (QED) is 0.896. The molecule has 0 bridgehead atoms. The van der Waals surface area contributed by atoms with Crippen molar-refractivity contribution in [1.29, 1.82) is 0 Å². The van der Waals surface area contributed by atoms with Gasteiger partial charge in [-0.3, -0.25) is 0 Å². The van der Waals surface area contributed by atoms with Gasteiger partial charge in [-0.05, 0) is 19.1 Å². The molecule has 0 fully saturated rings. The summed E-state index contributed by atoms with van der Waals surface area (Å²) in [5.74, 6) is -2.15. The maximum absolute atomic E-state index is 13.4. The lowest BCUT2D eigenvalue weighted by Gasteiger charge is -2.06. The molecule has 0 aliphatic rings. The van der Waals surface area contributed by atoms with Crippen LogP contribution in [-0.4, -0.2) is 20.9 Å². The minimum Gasteiger partial charge on any atom is -0.478 e. The molecule has 1 heterocycles. The lowest BCUT2D eigenvalue weighted by molar-refractivity contribution is 0.0691. The summed E-state index contributed by atoms with van der Waals surface area (Å²) in [6.07, 6.45) is 1.44. The van der Waals surface area contributed by atoms with Crippen molar-refractivity contribution >= 4 is 17.6 Å². The van der Waals surface area contributed by atoms with E-state index < -0.39 is 17.3 Å². The summed E-state index contributed by atoms with van der Waals surface area (Å²) in [7, 11) is 0. The fourth-order valence-electron chi connectivity index (χ4n) is 1.48. The van der Waals surface area contributed by atoms with Crippen LogP contribution in [0.5, 0.6) is 0 Å². The van der Waals surface area contributed by atoms with Crippen LogP contribution in [0.25, 0.3) is 5.69 Å². The summed E-state index contributed by atoms with van der Waals surface area (Å²) < 4.78 is 14.7. The van der Waals surface area contributed by atoms with Gasteiger partial charge in [-0.2, -0.15) is 5.10 Å². The zero-order valence-corrected chi connectivity index (χ0v) is 9.57. The number of hydrogen-bond acceptors (Lipinski definition) is 2. The van der Waals surface area contributed by atoms with Crippen molar-refractivity contribution in [2.45, 2.75) is 6.92 Å². The van der Waals surface area contributed by atoms with Crippen molar-refractivity contribution < 1.29 is 14.3 Å². The van der Waals surface area contributed by atoms with E-state index >= 15 is 0 Å². The number of hydrogen-bond donors (Lipinski definition) is 1. The Labute approximate surface area is 101 Å². The van der Waals surface area contributed by atoms with Gasteiger partial charge < -0.3 is 5.11 Å². The van der Waals surface area contributed by atoms with Crippen LogP contribution in [0.4, 0.5) is 4.39 Å². The van der Waals surface area contributed by atoms with Gasteiger partial charge in [0.15, 0.2) is 0 Å². The molecule has 2 rings (SSSR count). The molecule has 4 nitrogen and oxygen atoms in total. The molecule has 0 saturated heterocycles. The lowest BCUT2D eigenvalue weighted by atomic mass is 10.1. The number of benzene rings is 1. The molecule has 17 heavy (non-hydrogen) atoms. The normalized spacial score (nSPS) is 10.5. The van der Waals surface area contributed by atoms with E-state index in [1.165, 1.54) is 23.0 Å². The molecule has 2 aromatic rings. The Hall–Kier alpha value is -1.88. The van der Waals surface area contributed by atoms with Crippen molar-refractivity contribution in [3.8, 4) is 5.69 Å². The highest BCUT2D eigenvalue weighted by Gasteiger charge is 2.18. The Morgan fingerprint density at radius 2 is 2.24 bits per heavy atom. The minimum atomic E-state index is -1.35. The number of aromatic nitrogens is 2. The Kier molecular flexibility index (Phi) is 2.85. The molecule has 6 heteroatoms. The third kappa shape index (κ3) is 2.01. The standard InChI is InChI=1S/C11H8ClFN2O2/c1-6-7(12)5-15(14-6)9-4-2-3-8(13)10(9)11(16)17/h2-5H,1H3,(H,16,17). The maximum Gasteiger partial charge on any atom is 0.340 e. The van der Waals surface area contributed by atoms with E-state index in [1.807, 2.05) is 0 Å². The van der Waals surface area contributed by atoms with Gasteiger partial charge in [0.25, 0.3) is 0 Å². The van der Waals surface area contributed by atoms with Crippen LogP contribution in [0.1, 0.15) is 16.1 Å². The van der Waals surface area contributed by atoms with E-state index in [2.05, 4.69) is 5.10 Å². The van der Waals surface area contributed by atoms with E-state index in [0.717, 1.165) is 6.07 Å². The third-order valence-corrected chi connectivity index (χ3v) is 2.66. The number of halogens is 2. The molecule has 88 valence electrons. The smallest absolute Gasteiger partial charge is 0.340 e. The first-order valence-corrected chi connectivity index (χ1v) is 5.12. The first kappa shape index (κ1) is 11.6. The number of carboxylic acid groups (broad SMARTS) is 1. The highest BCUT2D eigenvalue weighted by Crippen LogP contribution is 2.21. The zero-order valence-electron chi connectivity index (χ0n) is 8.82. The summed E-state index contributed by atoms with van der Waals surface area (Å²) in [4.78, 5) is 11.0. The molecular formula is C11H8ClFN2O2. The molecule has 0 unspecified atom stereocenters. The molecule has 0 radical (unpaired) electrons. The minimum absolute atomic E-state index is 0.146. The highest BCUT2D eigenvalue weighted by atomic mass is 35.5. The fraction of sp³-hybridized carbons (Fsp3) is 0.0909. The molecule has 0 aliphatic carbocycles. The predicted octanol–water partition coefficient (Wildman–Crippen LogP) is 2.67. The zero-order chi connectivity index (χ0) is 12.6. The van der Waals surface area contributed by atoms with Gasteiger partial charge in [-0.15, -0.1) is 0 Å². The Balaban J connectivity index is 2.67. The van der Waals surface area contributed by atoms with E-state index in [9.17, 15) is 9.18 Å². The highest BCUT2D eigenvalue weighted by molar-refractivity contribution is 6.31. The second kappa shape index (κ2) is 4.18. The summed E-state index contributed by atoms with van der Waals surface area (Å²) in [6.45, 7) is 1.68. The van der Waals surface area contributed by atoms with Crippen LogP contribution < -0.4 is 0 Å². The van der Waals surface area contributed by atoms with Crippen LogP contribution in [-0.2, 0) is 0 Å². The monoisotopic (exact) mass is 254 g/mol. The van der Waals surface area contributed by atoms with Crippen LogP contribution in [0, 0.1) is 12.7 Å². The van der Waals surface area contributed by atoms with Crippen LogP contribution in [0.3, 0.4) is 0 Å². The maximum atomic E-state index is 13.4. The van der Waals surface area contributed by atoms with E-state index in [1.54, 1.807) is 6.92 Å². The summed E-state index contributed by atoms with van der Waals surface area (Å²) in [5, 5.41) is 13.4. The van der Waals surface area contributed by atoms with Crippen LogP contribution in [0.2, 0.25) is 5.02 Å². The van der Waals surface area contributed by atoms with Crippen molar-refractivity contribution in [2.24, 2.45) is 0 Å². The molecule has 0 saturated carbocycles. The van der Waals surface area contributed by atoms with Gasteiger partial charge in [0.1, 0.15) is 11.4 Å². The molecule has 1 aromatic heterocycles. The SMILES string of the molecule is Cc1nn(-c2cccc(F)c2C(=O)O)cc1Cl. The van der Waals surface area contributed by atoms with E-state index in [-0.39, 0.29) is 5.69 Å². The first-order valence-electron chi connectivity index (χ1n) is 4.74. The first-order chi connectivity index (χ1) is 8.00. The van der Waals surface area contributed by atoms with Gasteiger partial charge >= 0.3 is 5.97 Å². The van der Waals surface area contributed by atoms with Crippen molar-refractivity contribution in [1.82, 2.24) is 9.78 Å². The molecule has 1 N–H and O–H groups in total. The van der Waals surface area contributed by atoms with Crippen LogP contribution >= 0.6 is 11.6 Å². The number of aryl methyl sites for hydroxylation is 1. The Morgan fingerprint density at radius 3 is 2.76 bits per heavy atom. The Bertz CT molecular complexity index is 576. The van der Waals surface area contributed by atoms with Crippen molar-refractivity contribution in [3.05, 3.63) is 46.5 Å². The molecule has 0 atom stereocenters. The molecule has 0 spiro atoms. The summed E-state index contributed by atoms with van der Waals surface area (Å²) in [5.41, 5.74) is 0.270. The second-order valence-electron chi connectivity index (χ2n) is 3.45. The van der Waals surface area contributed by atoms with E-state index in [0.29, 0.717) is 10.7 Å². The van der Waals surface area contributed by atoms with Crippen LogP contribution in [0.15, 0.2) is 24.4 Å². The average molecular weight is 255 g/mol. The van der Waals surface area contributed by atoms with Gasteiger partial charge in [-0.25, -0.2) is 13.9 Å². The number of carboxylic acids is 1. The molecular weight excluding hydrogens is 247 g/mol.